The molecule has 5 heteroatoms. The molecule has 3 rings (SSSR count). The molecule has 1 saturated heterocycles. The third-order valence-electron chi connectivity index (χ3n) is 4.81. The number of amides is 2. The predicted octanol–water partition coefficient (Wildman–Crippen LogP) is 1.86. The average molecular weight is 314 g/mol. The number of hydrogen-bond acceptors (Lipinski definition) is 3. The molecule has 0 aliphatic carbocycles. The fourth-order valence-electron chi connectivity index (χ4n) is 3.66. The molecule has 0 N–H and O–H groups in total. The molecule has 0 spiro atoms. The van der Waals surface area contributed by atoms with Crippen LogP contribution in [0.2, 0.25) is 0 Å². The third kappa shape index (κ3) is 2.64. The molecule has 1 fully saturated rings. The van der Waals surface area contributed by atoms with Gasteiger partial charge in [0.05, 0.1) is 6.04 Å². The van der Waals surface area contributed by atoms with E-state index in [1.165, 1.54) is 0 Å². The van der Waals surface area contributed by atoms with Crippen molar-refractivity contribution >= 4 is 18.1 Å². The zero-order valence-corrected chi connectivity index (χ0v) is 13.6. The van der Waals surface area contributed by atoms with E-state index in [9.17, 15) is 14.4 Å². The Morgan fingerprint density at radius 2 is 2.04 bits per heavy atom. The number of fused-ring (bicyclic) bond motifs is 1. The second-order valence-electron chi connectivity index (χ2n) is 6.66. The molecule has 2 aliphatic rings. The van der Waals surface area contributed by atoms with Gasteiger partial charge in [-0.3, -0.25) is 9.59 Å². The molecule has 2 aliphatic heterocycles. The summed E-state index contributed by atoms with van der Waals surface area (Å²) in [7, 11) is 0. The number of aldehydes is 1. The van der Waals surface area contributed by atoms with E-state index < -0.39 is 6.04 Å². The van der Waals surface area contributed by atoms with Crippen LogP contribution in [0.5, 0.6) is 0 Å². The van der Waals surface area contributed by atoms with Crippen molar-refractivity contribution in [3.63, 3.8) is 0 Å². The highest BCUT2D eigenvalue weighted by molar-refractivity contribution is 6.01. The first-order chi connectivity index (χ1) is 11.0. The largest absolute Gasteiger partial charge is 0.331 e. The van der Waals surface area contributed by atoms with Crippen molar-refractivity contribution in [3.8, 4) is 0 Å². The van der Waals surface area contributed by atoms with Gasteiger partial charge in [-0.2, -0.15) is 0 Å². The van der Waals surface area contributed by atoms with E-state index in [1.807, 2.05) is 38.1 Å². The van der Waals surface area contributed by atoms with Crippen LogP contribution in [0.15, 0.2) is 24.3 Å². The van der Waals surface area contributed by atoms with Crippen LogP contribution >= 0.6 is 0 Å². The number of nitrogens with zero attached hydrogens (tertiary/aromatic N) is 2. The summed E-state index contributed by atoms with van der Waals surface area (Å²) < 4.78 is 0. The van der Waals surface area contributed by atoms with Crippen LogP contribution in [0.3, 0.4) is 0 Å². The molecule has 122 valence electrons. The topological polar surface area (TPSA) is 57.7 Å². The van der Waals surface area contributed by atoms with Gasteiger partial charge >= 0.3 is 0 Å². The molecule has 23 heavy (non-hydrogen) atoms. The molecule has 0 bridgehead atoms. The normalized spacial score (nSPS) is 21.7. The molecular formula is C18H22N2O3. The van der Waals surface area contributed by atoms with Crippen molar-refractivity contribution in [1.29, 1.82) is 0 Å². The van der Waals surface area contributed by atoms with Crippen molar-refractivity contribution in [2.75, 3.05) is 6.54 Å². The third-order valence-corrected chi connectivity index (χ3v) is 4.81. The van der Waals surface area contributed by atoms with Gasteiger partial charge in [-0.25, -0.2) is 0 Å². The molecule has 5 nitrogen and oxygen atoms in total. The summed E-state index contributed by atoms with van der Waals surface area (Å²) in [5.41, 5.74) is 1.64. The van der Waals surface area contributed by atoms with Crippen LogP contribution in [0, 0.1) is 5.92 Å². The quantitative estimate of drug-likeness (QED) is 0.797. The summed E-state index contributed by atoms with van der Waals surface area (Å²) in [5.74, 6) is -0.195. The molecule has 0 saturated carbocycles. The van der Waals surface area contributed by atoms with Crippen molar-refractivity contribution in [2.45, 2.75) is 45.3 Å². The number of carbonyl (C=O) groups is 3. The standard InChI is InChI=1S/C18H22N2O3/c1-12(2)16(18(23)19-9-5-7-14(19)11-21)20-10-13-6-3-4-8-15(13)17(20)22/h3-4,6,8,11-12,14,16H,5,7,9-10H2,1-2H3. The van der Waals surface area contributed by atoms with Crippen molar-refractivity contribution < 1.29 is 14.4 Å². The Hall–Kier alpha value is -2.17. The molecule has 0 radical (unpaired) electrons. The minimum Gasteiger partial charge on any atom is -0.331 e. The van der Waals surface area contributed by atoms with Gasteiger partial charge in [0.25, 0.3) is 5.91 Å². The maximum Gasteiger partial charge on any atom is 0.255 e. The van der Waals surface area contributed by atoms with Crippen LogP contribution in [-0.2, 0) is 16.1 Å². The van der Waals surface area contributed by atoms with Gasteiger partial charge in [0.2, 0.25) is 5.91 Å². The minimum atomic E-state index is -0.518. The van der Waals surface area contributed by atoms with Crippen LogP contribution in [0.1, 0.15) is 42.6 Å². The van der Waals surface area contributed by atoms with E-state index in [-0.39, 0.29) is 23.8 Å². The lowest BCUT2D eigenvalue weighted by Crippen LogP contribution is -2.52. The number of rotatable bonds is 4. The van der Waals surface area contributed by atoms with Crippen molar-refractivity contribution in [2.24, 2.45) is 5.92 Å². The molecular weight excluding hydrogens is 292 g/mol. The predicted molar refractivity (Wildman–Crippen MR) is 85.7 cm³/mol. The first kappa shape index (κ1) is 15.7. The van der Waals surface area contributed by atoms with Crippen LogP contribution < -0.4 is 0 Å². The Bertz CT molecular complexity index is 641. The number of likely N-dealkylation sites (tertiary alicyclic amines) is 1. The Labute approximate surface area is 136 Å². The molecule has 0 aromatic heterocycles. The SMILES string of the molecule is CC(C)C(C(=O)N1CCCC1C=O)N1Cc2ccccc2C1=O. The monoisotopic (exact) mass is 314 g/mol. The summed E-state index contributed by atoms with van der Waals surface area (Å²) in [6, 6.07) is 6.63. The number of benzene rings is 1. The average Bonchev–Trinajstić information content (AvgIpc) is 3.13. The molecule has 1 aromatic rings. The first-order valence-corrected chi connectivity index (χ1v) is 8.19. The number of hydrogen-bond donors (Lipinski definition) is 0. The van der Waals surface area contributed by atoms with Gasteiger partial charge in [0, 0.05) is 18.7 Å². The first-order valence-electron chi connectivity index (χ1n) is 8.19. The fourth-order valence-corrected chi connectivity index (χ4v) is 3.66. The van der Waals surface area contributed by atoms with E-state index in [0.717, 1.165) is 18.3 Å². The maximum atomic E-state index is 13.0. The van der Waals surface area contributed by atoms with Gasteiger partial charge in [0.15, 0.2) is 0 Å². The second-order valence-corrected chi connectivity index (χ2v) is 6.66. The minimum absolute atomic E-state index is 0.00587. The maximum absolute atomic E-state index is 13.0. The van der Waals surface area contributed by atoms with Crippen molar-refractivity contribution in [3.05, 3.63) is 35.4 Å². The van der Waals surface area contributed by atoms with Gasteiger partial charge in [0.1, 0.15) is 12.3 Å². The Kier molecular flexibility index (Phi) is 4.20. The van der Waals surface area contributed by atoms with E-state index in [1.54, 1.807) is 9.80 Å². The highest BCUT2D eigenvalue weighted by Gasteiger charge is 2.42. The molecule has 1 aromatic carbocycles. The number of carbonyl (C=O) groups excluding carboxylic acids is 3. The van der Waals surface area contributed by atoms with E-state index in [2.05, 4.69) is 0 Å². The lowest BCUT2D eigenvalue weighted by molar-refractivity contribution is -0.140. The molecule has 2 unspecified atom stereocenters. The zero-order chi connectivity index (χ0) is 16.6. The Morgan fingerprint density at radius 1 is 1.30 bits per heavy atom. The lowest BCUT2D eigenvalue weighted by atomic mass is 10.0. The van der Waals surface area contributed by atoms with Gasteiger partial charge < -0.3 is 14.6 Å². The summed E-state index contributed by atoms with van der Waals surface area (Å²) in [5, 5.41) is 0. The van der Waals surface area contributed by atoms with Crippen LogP contribution in [-0.4, -0.2) is 46.5 Å². The van der Waals surface area contributed by atoms with Gasteiger partial charge in [-0.1, -0.05) is 32.0 Å². The Morgan fingerprint density at radius 3 is 2.70 bits per heavy atom. The molecule has 2 heterocycles. The highest BCUT2D eigenvalue weighted by Crippen LogP contribution is 2.29. The van der Waals surface area contributed by atoms with Crippen LogP contribution in [0.4, 0.5) is 0 Å². The summed E-state index contributed by atoms with van der Waals surface area (Å²) in [4.78, 5) is 40.2. The van der Waals surface area contributed by atoms with Gasteiger partial charge in [-0.15, -0.1) is 0 Å². The summed E-state index contributed by atoms with van der Waals surface area (Å²) in [6.07, 6.45) is 2.41. The van der Waals surface area contributed by atoms with Crippen LogP contribution in [0.25, 0.3) is 0 Å². The molecule has 2 atom stereocenters. The van der Waals surface area contributed by atoms with E-state index in [4.69, 9.17) is 0 Å². The second kappa shape index (κ2) is 6.14. The van der Waals surface area contributed by atoms with Crippen molar-refractivity contribution in [1.82, 2.24) is 9.80 Å². The molecule has 2 amide bonds. The summed E-state index contributed by atoms with van der Waals surface area (Å²) in [6.45, 7) is 4.96. The van der Waals surface area contributed by atoms with E-state index in [0.29, 0.717) is 25.1 Å². The lowest BCUT2D eigenvalue weighted by Gasteiger charge is -2.34. The van der Waals surface area contributed by atoms with Gasteiger partial charge in [-0.05, 0) is 30.4 Å². The smallest absolute Gasteiger partial charge is 0.255 e. The van der Waals surface area contributed by atoms with E-state index >= 15 is 0 Å². The summed E-state index contributed by atoms with van der Waals surface area (Å²) >= 11 is 0. The Balaban J connectivity index is 1.87. The fraction of sp³-hybridized carbons (Fsp3) is 0.500. The highest BCUT2D eigenvalue weighted by atomic mass is 16.2. The zero-order valence-electron chi connectivity index (χ0n) is 13.6.